The van der Waals surface area contributed by atoms with Gasteiger partial charge >= 0.3 is 5.97 Å². The first kappa shape index (κ1) is 16.0. The number of hydrogen-bond acceptors (Lipinski definition) is 2. The van der Waals surface area contributed by atoms with Gasteiger partial charge in [-0.25, -0.2) is 0 Å². The lowest BCUT2D eigenvalue weighted by molar-refractivity contribution is -0.136. The van der Waals surface area contributed by atoms with Crippen molar-refractivity contribution in [3.8, 4) is 0 Å². The van der Waals surface area contributed by atoms with Gasteiger partial charge in [-0.05, 0) is 31.5 Å². The van der Waals surface area contributed by atoms with E-state index < -0.39 is 5.97 Å². The van der Waals surface area contributed by atoms with Gasteiger partial charge in [-0.1, -0.05) is 41.5 Å². The Balaban J connectivity index is 2.17. The Bertz CT molecular complexity index is 969. The van der Waals surface area contributed by atoms with Crippen molar-refractivity contribution in [2.75, 3.05) is 0 Å². The van der Waals surface area contributed by atoms with Gasteiger partial charge in [0.1, 0.15) is 0 Å². The number of aromatic nitrogens is 1. The van der Waals surface area contributed by atoms with Crippen molar-refractivity contribution in [1.29, 1.82) is 0 Å². The minimum Gasteiger partial charge on any atom is -0.481 e. The number of nitrogens with zero attached hydrogens (tertiary/aromatic N) is 1. The summed E-state index contributed by atoms with van der Waals surface area (Å²) in [5, 5.41) is 9.65. The van der Waals surface area contributed by atoms with Gasteiger partial charge in [0, 0.05) is 23.7 Å². The van der Waals surface area contributed by atoms with E-state index in [1.54, 1.807) is 6.20 Å². The molecule has 3 rings (SSSR count). The van der Waals surface area contributed by atoms with Crippen molar-refractivity contribution in [3.05, 3.63) is 81.1 Å². The number of fused-ring (bicyclic) bond motifs is 1. The fourth-order valence-electron chi connectivity index (χ4n) is 2.88. The molecule has 0 fully saturated rings. The number of aryl methyl sites for hydroxylation is 2. The second-order valence-corrected chi connectivity index (χ2v) is 6.19. The first-order valence-corrected chi connectivity index (χ1v) is 7.84. The minimum absolute atomic E-state index is 0.198. The van der Waals surface area contributed by atoms with Crippen LogP contribution in [0.25, 0.3) is 10.9 Å². The van der Waals surface area contributed by atoms with Crippen molar-refractivity contribution in [2.24, 2.45) is 0 Å². The molecule has 2 aromatic carbocycles. The van der Waals surface area contributed by atoms with Gasteiger partial charge in [0.25, 0.3) is 0 Å². The lowest BCUT2D eigenvalue weighted by Gasteiger charge is -2.14. The second-order valence-electron chi connectivity index (χ2n) is 6.19. The number of hydrogen-bond donors (Lipinski definition) is 1. The van der Waals surface area contributed by atoms with E-state index in [2.05, 4.69) is 0 Å². The summed E-state index contributed by atoms with van der Waals surface area (Å²) in [5.74, 6) is -0.999. The number of rotatable bonds is 4. The van der Waals surface area contributed by atoms with E-state index in [1.807, 2.05) is 60.9 Å². The topological polar surface area (TPSA) is 59.3 Å². The molecule has 1 aromatic heterocycles. The highest BCUT2D eigenvalue weighted by molar-refractivity contribution is 5.81. The number of carboxylic acids is 1. The molecule has 0 radical (unpaired) electrons. The molecular weight excluding hydrogens is 302 g/mol. The van der Waals surface area contributed by atoms with E-state index in [4.69, 9.17) is 5.11 Å². The van der Waals surface area contributed by atoms with E-state index in [0.29, 0.717) is 17.5 Å². The van der Waals surface area contributed by atoms with Crippen LogP contribution in [0, 0.1) is 13.8 Å². The first-order chi connectivity index (χ1) is 11.4. The van der Waals surface area contributed by atoms with E-state index in [9.17, 15) is 9.59 Å². The molecule has 0 amide bonds. The molecule has 0 aliphatic rings. The molecule has 3 aromatic rings. The summed E-state index contributed by atoms with van der Waals surface area (Å²) in [6.07, 6.45) is 1.41. The van der Waals surface area contributed by atoms with Crippen molar-refractivity contribution >= 4 is 16.9 Å². The molecule has 0 saturated carbocycles. The molecule has 0 atom stereocenters. The molecule has 0 bridgehead atoms. The van der Waals surface area contributed by atoms with E-state index in [0.717, 1.165) is 16.6 Å². The summed E-state index contributed by atoms with van der Waals surface area (Å²) >= 11 is 0. The fourth-order valence-corrected chi connectivity index (χ4v) is 2.88. The van der Waals surface area contributed by atoms with Gasteiger partial charge in [0.15, 0.2) is 5.43 Å². The van der Waals surface area contributed by atoms with Crippen molar-refractivity contribution < 1.29 is 9.90 Å². The Hall–Kier alpha value is -2.88. The van der Waals surface area contributed by atoms with Crippen molar-refractivity contribution in [3.63, 3.8) is 0 Å². The molecule has 1 heterocycles. The molecule has 1 N–H and O–H groups in total. The van der Waals surface area contributed by atoms with Crippen LogP contribution in [-0.4, -0.2) is 15.6 Å². The quantitative estimate of drug-likeness (QED) is 0.802. The van der Waals surface area contributed by atoms with Gasteiger partial charge in [-0.15, -0.1) is 0 Å². The molecule has 0 spiro atoms. The SMILES string of the molecule is Cc1ccc(Cn2cc(CC(=O)O)c(=O)c3cc(C)ccc32)cc1. The predicted octanol–water partition coefficient (Wildman–Crippen LogP) is 3.29. The Morgan fingerprint density at radius 1 is 1.04 bits per heavy atom. The van der Waals surface area contributed by atoms with Crippen LogP contribution >= 0.6 is 0 Å². The third-order valence-corrected chi connectivity index (χ3v) is 4.12. The maximum atomic E-state index is 12.6. The van der Waals surface area contributed by atoms with Crippen LogP contribution in [-0.2, 0) is 17.8 Å². The number of carboxylic acid groups (broad SMARTS) is 1. The van der Waals surface area contributed by atoms with Gasteiger partial charge in [-0.2, -0.15) is 0 Å². The average molecular weight is 321 g/mol. The largest absolute Gasteiger partial charge is 0.481 e. The average Bonchev–Trinajstić information content (AvgIpc) is 2.53. The van der Waals surface area contributed by atoms with Gasteiger partial charge < -0.3 is 9.67 Å². The molecule has 0 unspecified atom stereocenters. The Morgan fingerprint density at radius 3 is 2.38 bits per heavy atom. The molecule has 0 aliphatic heterocycles. The van der Waals surface area contributed by atoms with Crippen LogP contribution in [0.5, 0.6) is 0 Å². The highest BCUT2D eigenvalue weighted by Gasteiger charge is 2.12. The normalized spacial score (nSPS) is 10.9. The monoisotopic (exact) mass is 321 g/mol. The summed E-state index contributed by atoms with van der Waals surface area (Å²) in [6.45, 7) is 4.55. The molecule has 122 valence electrons. The lowest BCUT2D eigenvalue weighted by atomic mass is 10.1. The number of aliphatic carboxylic acids is 1. The van der Waals surface area contributed by atoms with E-state index >= 15 is 0 Å². The first-order valence-electron chi connectivity index (χ1n) is 7.84. The maximum Gasteiger partial charge on any atom is 0.308 e. The summed E-state index contributed by atoms with van der Waals surface area (Å²) < 4.78 is 1.96. The van der Waals surface area contributed by atoms with Crippen LogP contribution in [0.3, 0.4) is 0 Å². The molecule has 4 nitrogen and oxygen atoms in total. The van der Waals surface area contributed by atoms with E-state index in [1.165, 1.54) is 5.56 Å². The standard InChI is InChI=1S/C20H19NO3/c1-13-3-6-15(7-4-13)11-21-12-16(10-19(22)23)20(24)17-9-14(2)5-8-18(17)21/h3-9,12H,10-11H2,1-2H3,(H,22,23). The fraction of sp³-hybridized carbons (Fsp3) is 0.200. The van der Waals surface area contributed by atoms with Crippen LogP contribution in [0.4, 0.5) is 0 Å². The molecular formula is C20H19NO3. The zero-order valence-electron chi connectivity index (χ0n) is 13.7. The highest BCUT2D eigenvalue weighted by atomic mass is 16.4. The van der Waals surface area contributed by atoms with Crippen LogP contribution < -0.4 is 5.43 Å². The zero-order valence-corrected chi connectivity index (χ0v) is 13.7. The Kier molecular flexibility index (Phi) is 4.21. The molecule has 0 aliphatic carbocycles. The summed E-state index contributed by atoms with van der Waals surface area (Å²) in [6, 6.07) is 13.9. The second kappa shape index (κ2) is 6.32. The third-order valence-electron chi connectivity index (χ3n) is 4.12. The Labute approximate surface area is 140 Å². The third kappa shape index (κ3) is 3.23. The predicted molar refractivity (Wildman–Crippen MR) is 94.6 cm³/mol. The van der Waals surface area contributed by atoms with Gasteiger partial charge in [0.05, 0.1) is 11.9 Å². The van der Waals surface area contributed by atoms with Gasteiger partial charge in [-0.3, -0.25) is 9.59 Å². The van der Waals surface area contributed by atoms with Crippen LogP contribution in [0.2, 0.25) is 0 Å². The minimum atomic E-state index is -0.999. The zero-order chi connectivity index (χ0) is 17.3. The number of carbonyl (C=O) groups is 1. The highest BCUT2D eigenvalue weighted by Crippen LogP contribution is 2.16. The van der Waals surface area contributed by atoms with Gasteiger partial charge in [0.2, 0.25) is 0 Å². The summed E-state index contributed by atoms with van der Waals surface area (Å²) in [4.78, 5) is 23.7. The van der Waals surface area contributed by atoms with Crippen molar-refractivity contribution in [1.82, 2.24) is 4.57 Å². The number of benzene rings is 2. The van der Waals surface area contributed by atoms with Crippen LogP contribution in [0.15, 0.2) is 53.5 Å². The van der Waals surface area contributed by atoms with E-state index in [-0.39, 0.29) is 11.8 Å². The summed E-state index contributed by atoms with van der Waals surface area (Å²) in [5.41, 5.74) is 4.20. The molecule has 24 heavy (non-hydrogen) atoms. The molecule has 0 saturated heterocycles. The lowest BCUT2D eigenvalue weighted by Crippen LogP contribution is -2.18. The molecule has 4 heteroatoms. The summed E-state index contributed by atoms with van der Waals surface area (Å²) in [7, 11) is 0. The number of pyridine rings is 1. The smallest absolute Gasteiger partial charge is 0.308 e. The van der Waals surface area contributed by atoms with Crippen LogP contribution in [0.1, 0.15) is 22.3 Å². The van der Waals surface area contributed by atoms with Crippen molar-refractivity contribution in [2.45, 2.75) is 26.8 Å². The Morgan fingerprint density at radius 2 is 1.71 bits per heavy atom. The maximum absolute atomic E-state index is 12.6.